The third kappa shape index (κ3) is 3.13. The second-order valence-electron chi connectivity index (χ2n) is 5.18. The molecule has 1 aliphatic heterocycles. The fourth-order valence-corrected chi connectivity index (χ4v) is 3.08. The smallest absolute Gasteiger partial charge is 0.308 e. The number of carboxylic acids is 1. The van der Waals surface area contributed by atoms with Gasteiger partial charge in [-0.05, 0) is 30.5 Å². The molecule has 0 saturated carbocycles. The van der Waals surface area contributed by atoms with Crippen LogP contribution in [0.3, 0.4) is 0 Å². The highest BCUT2D eigenvalue weighted by Gasteiger charge is 2.37. The Balaban J connectivity index is 2.45. The Morgan fingerprint density at radius 1 is 1.48 bits per heavy atom. The van der Waals surface area contributed by atoms with Gasteiger partial charge < -0.3 is 14.7 Å². The van der Waals surface area contributed by atoms with Gasteiger partial charge in [-0.25, -0.2) is 0 Å². The number of hydrogen-bond acceptors (Lipinski definition) is 3. The fourth-order valence-electron chi connectivity index (χ4n) is 2.81. The molecule has 6 heteroatoms. The maximum absolute atomic E-state index is 12.0. The summed E-state index contributed by atoms with van der Waals surface area (Å²) in [7, 11) is 3.16. The summed E-state index contributed by atoms with van der Waals surface area (Å²) in [5, 5.41) is 9.88. The van der Waals surface area contributed by atoms with Crippen LogP contribution in [0.1, 0.15) is 30.9 Å². The number of rotatable bonds is 3. The number of amides is 1. The minimum atomic E-state index is -0.895. The number of hydrogen-bond donors (Lipinski definition) is 1. The van der Waals surface area contributed by atoms with Crippen LogP contribution in [0.25, 0.3) is 0 Å². The number of carboxylic acid groups (broad SMARTS) is 1. The van der Waals surface area contributed by atoms with Crippen molar-refractivity contribution in [1.29, 1.82) is 0 Å². The van der Waals surface area contributed by atoms with Crippen LogP contribution in [0, 0.1) is 5.92 Å². The van der Waals surface area contributed by atoms with Crippen molar-refractivity contribution in [2.75, 3.05) is 14.2 Å². The molecule has 114 valence electrons. The SMILES string of the molecule is COc1ccc(C2C(C(=O)O)CCCC(=O)N2C)cc1Cl. The number of halogens is 1. The number of carbonyl (C=O) groups is 2. The van der Waals surface area contributed by atoms with Crippen molar-refractivity contribution < 1.29 is 19.4 Å². The van der Waals surface area contributed by atoms with Gasteiger partial charge in [0.25, 0.3) is 0 Å². The number of benzene rings is 1. The van der Waals surface area contributed by atoms with Crippen molar-refractivity contribution in [1.82, 2.24) is 4.90 Å². The molecule has 0 bridgehead atoms. The fraction of sp³-hybridized carbons (Fsp3) is 0.467. The first-order valence-electron chi connectivity index (χ1n) is 6.77. The van der Waals surface area contributed by atoms with Crippen LogP contribution >= 0.6 is 11.6 Å². The third-order valence-corrected chi connectivity index (χ3v) is 4.23. The molecule has 2 rings (SSSR count). The quantitative estimate of drug-likeness (QED) is 0.932. The standard InChI is InChI=1S/C15H18ClNO4/c1-17-13(18)5-3-4-10(15(19)20)14(17)9-6-7-12(21-2)11(16)8-9/h6-8,10,14H,3-5H2,1-2H3,(H,19,20). The van der Waals surface area contributed by atoms with E-state index in [1.807, 2.05) is 0 Å². The number of nitrogens with zero attached hydrogens (tertiary/aromatic N) is 1. The number of aliphatic carboxylic acids is 1. The van der Waals surface area contributed by atoms with Crippen LogP contribution in [0.5, 0.6) is 5.75 Å². The summed E-state index contributed by atoms with van der Waals surface area (Å²) in [4.78, 5) is 25.1. The maximum atomic E-state index is 12.0. The molecule has 0 spiro atoms. The van der Waals surface area contributed by atoms with Gasteiger partial charge in [-0.2, -0.15) is 0 Å². The van der Waals surface area contributed by atoms with E-state index in [1.54, 1.807) is 25.2 Å². The molecule has 0 aromatic heterocycles. The average molecular weight is 312 g/mol. The molecule has 1 aromatic rings. The van der Waals surface area contributed by atoms with Gasteiger partial charge in [0.2, 0.25) is 5.91 Å². The van der Waals surface area contributed by atoms with Crippen molar-refractivity contribution in [3.63, 3.8) is 0 Å². The molecular weight excluding hydrogens is 294 g/mol. The van der Waals surface area contributed by atoms with E-state index in [-0.39, 0.29) is 5.91 Å². The van der Waals surface area contributed by atoms with Gasteiger partial charge in [0.05, 0.1) is 24.1 Å². The zero-order valence-electron chi connectivity index (χ0n) is 12.0. The van der Waals surface area contributed by atoms with E-state index in [2.05, 4.69) is 0 Å². The van der Waals surface area contributed by atoms with Crippen LogP contribution in [-0.2, 0) is 9.59 Å². The lowest BCUT2D eigenvalue weighted by Crippen LogP contribution is -2.36. The molecule has 1 saturated heterocycles. The minimum Gasteiger partial charge on any atom is -0.495 e. The number of likely N-dealkylation sites (tertiary alicyclic amines) is 1. The van der Waals surface area contributed by atoms with Gasteiger partial charge in [0.15, 0.2) is 0 Å². The van der Waals surface area contributed by atoms with Crippen LogP contribution < -0.4 is 4.74 Å². The Morgan fingerprint density at radius 3 is 2.76 bits per heavy atom. The molecule has 1 amide bonds. The van der Waals surface area contributed by atoms with Crippen LogP contribution in [-0.4, -0.2) is 36.0 Å². The molecule has 2 unspecified atom stereocenters. The van der Waals surface area contributed by atoms with Crippen molar-refractivity contribution in [2.45, 2.75) is 25.3 Å². The van der Waals surface area contributed by atoms with Gasteiger partial charge >= 0.3 is 5.97 Å². The lowest BCUT2D eigenvalue weighted by atomic mass is 9.89. The third-order valence-electron chi connectivity index (χ3n) is 3.93. The predicted octanol–water partition coefficient (Wildman–Crippen LogP) is 2.73. The molecule has 1 aliphatic rings. The summed E-state index contributed by atoms with van der Waals surface area (Å²) < 4.78 is 5.11. The Labute approximate surface area is 128 Å². The lowest BCUT2D eigenvalue weighted by Gasteiger charge is -2.31. The van der Waals surface area contributed by atoms with Gasteiger partial charge in [-0.3, -0.25) is 9.59 Å². The summed E-state index contributed by atoms with van der Waals surface area (Å²) in [5.41, 5.74) is 0.714. The highest BCUT2D eigenvalue weighted by atomic mass is 35.5. The maximum Gasteiger partial charge on any atom is 0.308 e. The van der Waals surface area contributed by atoms with Gasteiger partial charge in [-0.15, -0.1) is 0 Å². The van der Waals surface area contributed by atoms with Crippen molar-refractivity contribution in [2.24, 2.45) is 5.92 Å². The van der Waals surface area contributed by atoms with Gasteiger partial charge in [0, 0.05) is 13.5 Å². The second-order valence-corrected chi connectivity index (χ2v) is 5.59. The summed E-state index contributed by atoms with van der Waals surface area (Å²) in [6.07, 6.45) is 1.43. The first kappa shape index (κ1) is 15.6. The first-order chi connectivity index (χ1) is 9.95. The summed E-state index contributed by atoms with van der Waals surface area (Å²) in [5.74, 6) is -1.05. The average Bonchev–Trinajstić information content (AvgIpc) is 2.59. The monoisotopic (exact) mass is 311 g/mol. The van der Waals surface area contributed by atoms with Crippen LogP contribution in [0.2, 0.25) is 5.02 Å². The van der Waals surface area contributed by atoms with E-state index in [9.17, 15) is 14.7 Å². The van der Waals surface area contributed by atoms with E-state index < -0.39 is 17.9 Å². The normalized spacial score (nSPS) is 22.8. The molecule has 21 heavy (non-hydrogen) atoms. The molecule has 0 radical (unpaired) electrons. The zero-order valence-corrected chi connectivity index (χ0v) is 12.8. The van der Waals surface area contributed by atoms with Crippen molar-refractivity contribution in [3.05, 3.63) is 28.8 Å². The van der Waals surface area contributed by atoms with E-state index in [0.717, 1.165) is 0 Å². The van der Waals surface area contributed by atoms with Crippen molar-refractivity contribution in [3.8, 4) is 5.75 Å². The molecular formula is C15H18ClNO4. The minimum absolute atomic E-state index is 0.0457. The van der Waals surface area contributed by atoms with Crippen molar-refractivity contribution >= 4 is 23.5 Å². The van der Waals surface area contributed by atoms with E-state index in [0.29, 0.717) is 35.6 Å². The number of carbonyl (C=O) groups excluding carboxylic acids is 1. The zero-order chi connectivity index (χ0) is 15.6. The summed E-state index contributed by atoms with van der Waals surface area (Å²) in [6.45, 7) is 0. The molecule has 1 fully saturated rings. The molecule has 1 aromatic carbocycles. The Bertz CT molecular complexity index is 561. The molecule has 5 nitrogen and oxygen atoms in total. The van der Waals surface area contributed by atoms with Crippen LogP contribution in [0.15, 0.2) is 18.2 Å². The predicted molar refractivity (Wildman–Crippen MR) is 78.5 cm³/mol. The molecule has 1 N–H and O–H groups in total. The van der Waals surface area contributed by atoms with E-state index in [1.165, 1.54) is 12.0 Å². The Hall–Kier alpha value is -1.75. The molecule has 1 heterocycles. The Morgan fingerprint density at radius 2 is 2.19 bits per heavy atom. The Kier molecular flexibility index (Phi) is 4.73. The van der Waals surface area contributed by atoms with E-state index >= 15 is 0 Å². The summed E-state index contributed by atoms with van der Waals surface area (Å²) in [6, 6.07) is 4.62. The largest absolute Gasteiger partial charge is 0.495 e. The van der Waals surface area contributed by atoms with Crippen LogP contribution in [0.4, 0.5) is 0 Å². The lowest BCUT2D eigenvalue weighted by molar-refractivity contribution is -0.145. The highest BCUT2D eigenvalue weighted by molar-refractivity contribution is 6.32. The van der Waals surface area contributed by atoms with E-state index in [4.69, 9.17) is 16.3 Å². The number of methoxy groups -OCH3 is 1. The summed E-state index contributed by atoms with van der Waals surface area (Å²) >= 11 is 6.13. The first-order valence-corrected chi connectivity index (χ1v) is 7.15. The highest BCUT2D eigenvalue weighted by Crippen LogP contribution is 2.37. The molecule has 2 atom stereocenters. The van der Waals surface area contributed by atoms with Gasteiger partial charge in [-0.1, -0.05) is 17.7 Å². The topological polar surface area (TPSA) is 66.8 Å². The number of ether oxygens (including phenoxy) is 1. The van der Waals surface area contributed by atoms with Gasteiger partial charge in [0.1, 0.15) is 5.75 Å². The second kappa shape index (κ2) is 6.35. The molecule has 0 aliphatic carbocycles.